The summed E-state index contributed by atoms with van der Waals surface area (Å²) >= 11 is 0. The van der Waals surface area contributed by atoms with Crippen LogP contribution in [0.4, 0.5) is 5.69 Å². The van der Waals surface area contributed by atoms with Crippen LogP contribution in [-0.2, 0) is 9.59 Å². The quantitative estimate of drug-likeness (QED) is 0.770. The number of aliphatic carboxylic acids is 1. The molecule has 5 nitrogen and oxygen atoms in total. The maximum absolute atomic E-state index is 12.2. The number of benzene rings is 1. The number of carbonyl (C=O) groups excluding carboxylic acids is 1. The van der Waals surface area contributed by atoms with E-state index in [1.54, 1.807) is 6.92 Å². The molecule has 1 amide bonds. The van der Waals surface area contributed by atoms with Crippen molar-refractivity contribution in [1.29, 1.82) is 0 Å². The highest BCUT2D eigenvalue weighted by molar-refractivity contribution is 5.85. The number of hydrogen-bond acceptors (Lipinski definition) is 3. The summed E-state index contributed by atoms with van der Waals surface area (Å²) in [5.41, 5.74) is 0.853. The molecule has 0 fully saturated rings. The molecule has 1 unspecified atom stereocenters. The summed E-state index contributed by atoms with van der Waals surface area (Å²) in [4.78, 5) is 24.8. The van der Waals surface area contributed by atoms with Crippen LogP contribution < -0.4 is 10.2 Å². The van der Waals surface area contributed by atoms with Crippen LogP contribution in [0.5, 0.6) is 0 Å². The van der Waals surface area contributed by atoms with Crippen LogP contribution in [0, 0.1) is 5.92 Å². The van der Waals surface area contributed by atoms with Gasteiger partial charge in [-0.2, -0.15) is 0 Å². The molecule has 1 atom stereocenters. The molecule has 0 aromatic heterocycles. The highest BCUT2D eigenvalue weighted by Gasteiger charge is 2.22. The van der Waals surface area contributed by atoms with Gasteiger partial charge < -0.3 is 15.3 Å². The van der Waals surface area contributed by atoms with Crippen molar-refractivity contribution in [2.24, 2.45) is 5.92 Å². The zero-order valence-electron chi connectivity index (χ0n) is 12.9. The number of carboxylic acids is 1. The molecule has 1 rings (SSSR count). The summed E-state index contributed by atoms with van der Waals surface area (Å²) in [7, 11) is 0. The first-order valence-electron chi connectivity index (χ1n) is 7.23. The Morgan fingerprint density at radius 2 is 1.81 bits per heavy atom. The molecule has 0 aliphatic heterocycles. The maximum Gasteiger partial charge on any atom is 0.305 e. The number of nitrogens with one attached hydrogen (secondary N) is 1. The maximum atomic E-state index is 12.2. The minimum Gasteiger partial charge on any atom is -0.481 e. The van der Waals surface area contributed by atoms with Crippen LogP contribution in [0.3, 0.4) is 0 Å². The molecule has 0 aliphatic carbocycles. The molecule has 0 saturated carbocycles. The van der Waals surface area contributed by atoms with Gasteiger partial charge in [-0.25, -0.2) is 0 Å². The molecule has 2 N–H and O–H groups in total. The van der Waals surface area contributed by atoms with Gasteiger partial charge in [-0.05, 0) is 25.0 Å². The van der Waals surface area contributed by atoms with Crippen molar-refractivity contribution in [2.75, 3.05) is 18.0 Å². The number of carbonyl (C=O) groups is 2. The monoisotopic (exact) mass is 292 g/mol. The minimum absolute atomic E-state index is 0.00328. The predicted octanol–water partition coefficient (Wildman–Crippen LogP) is 2.13. The van der Waals surface area contributed by atoms with Gasteiger partial charge in [0.2, 0.25) is 5.91 Å². The van der Waals surface area contributed by atoms with Crippen molar-refractivity contribution in [1.82, 2.24) is 5.32 Å². The van der Waals surface area contributed by atoms with Crippen molar-refractivity contribution in [2.45, 2.75) is 33.2 Å². The second-order valence-electron chi connectivity index (χ2n) is 5.49. The molecule has 1 aromatic rings. The second-order valence-corrected chi connectivity index (χ2v) is 5.49. The zero-order chi connectivity index (χ0) is 15.8. The number of nitrogens with zero attached hydrogens (tertiary/aromatic N) is 1. The van der Waals surface area contributed by atoms with Gasteiger partial charge in [0.25, 0.3) is 0 Å². The lowest BCUT2D eigenvalue weighted by Crippen LogP contribution is -2.47. The summed E-state index contributed by atoms with van der Waals surface area (Å²) in [6, 6.07) is 9.00. The summed E-state index contributed by atoms with van der Waals surface area (Å²) in [5, 5.41) is 11.8. The molecular weight excluding hydrogens is 268 g/mol. The number of rotatable bonds is 8. The second kappa shape index (κ2) is 8.29. The van der Waals surface area contributed by atoms with Gasteiger partial charge in [0.1, 0.15) is 6.04 Å². The molecular formula is C16H24N2O3. The Labute approximate surface area is 126 Å². The first-order chi connectivity index (χ1) is 9.91. The van der Waals surface area contributed by atoms with Crippen molar-refractivity contribution in [3.8, 4) is 0 Å². The van der Waals surface area contributed by atoms with E-state index >= 15 is 0 Å². The van der Waals surface area contributed by atoms with Gasteiger partial charge in [-0.3, -0.25) is 9.59 Å². The van der Waals surface area contributed by atoms with Crippen LogP contribution in [0.1, 0.15) is 27.2 Å². The van der Waals surface area contributed by atoms with Gasteiger partial charge in [-0.15, -0.1) is 0 Å². The van der Waals surface area contributed by atoms with Gasteiger partial charge in [0.05, 0.1) is 6.42 Å². The third-order valence-corrected chi connectivity index (χ3v) is 3.19. The lowest BCUT2D eigenvalue weighted by atomic mass is 10.1. The van der Waals surface area contributed by atoms with Crippen molar-refractivity contribution in [3.05, 3.63) is 30.3 Å². The lowest BCUT2D eigenvalue weighted by Gasteiger charge is -2.30. The van der Waals surface area contributed by atoms with Crippen LogP contribution in [0.15, 0.2) is 30.3 Å². The number of carboxylic acid groups (broad SMARTS) is 1. The van der Waals surface area contributed by atoms with Gasteiger partial charge >= 0.3 is 5.97 Å². The first kappa shape index (κ1) is 17.0. The fourth-order valence-electron chi connectivity index (χ4n) is 1.98. The molecule has 0 saturated heterocycles. The Hall–Kier alpha value is -2.04. The van der Waals surface area contributed by atoms with E-state index in [9.17, 15) is 9.59 Å². The average Bonchev–Trinajstić information content (AvgIpc) is 2.45. The summed E-state index contributed by atoms with van der Waals surface area (Å²) in [5.74, 6) is -0.575. The van der Waals surface area contributed by atoms with E-state index in [-0.39, 0.29) is 12.3 Å². The topological polar surface area (TPSA) is 69.6 Å². The molecule has 116 valence electrons. The number of hydrogen-bond donors (Lipinski definition) is 2. The van der Waals surface area contributed by atoms with Crippen LogP contribution >= 0.6 is 0 Å². The zero-order valence-corrected chi connectivity index (χ0v) is 12.9. The largest absolute Gasteiger partial charge is 0.481 e. The average molecular weight is 292 g/mol. The van der Waals surface area contributed by atoms with Crippen LogP contribution in [-0.4, -0.2) is 36.1 Å². The first-order valence-corrected chi connectivity index (χ1v) is 7.23. The van der Waals surface area contributed by atoms with Crippen LogP contribution in [0.25, 0.3) is 0 Å². The lowest BCUT2D eigenvalue weighted by molar-refractivity contribution is -0.137. The SMILES string of the molecule is CC(C)CNC(=O)C(C)N(CCC(=O)O)c1ccccc1. The molecule has 21 heavy (non-hydrogen) atoms. The summed E-state index contributed by atoms with van der Waals surface area (Å²) < 4.78 is 0. The van der Waals surface area contributed by atoms with E-state index < -0.39 is 12.0 Å². The summed E-state index contributed by atoms with van der Waals surface area (Å²) in [6.45, 7) is 6.78. The Balaban J connectivity index is 2.80. The fourth-order valence-corrected chi connectivity index (χ4v) is 1.98. The third kappa shape index (κ3) is 5.85. The fraction of sp³-hybridized carbons (Fsp3) is 0.500. The minimum atomic E-state index is -0.870. The Morgan fingerprint density at radius 1 is 1.19 bits per heavy atom. The van der Waals surface area contributed by atoms with Crippen LogP contribution in [0.2, 0.25) is 0 Å². The van der Waals surface area contributed by atoms with E-state index in [4.69, 9.17) is 5.11 Å². The standard InChI is InChI=1S/C16H24N2O3/c1-12(2)11-17-16(21)13(3)18(10-9-15(19)20)14-7-5-4-6-8-14/h4-8,12-13H,9-11H2,1-3H3,(H,17,21)(H,19,20). The highest BCUT2D eigenvalue weighted by Crippen LogP contribution is 2.17. The predicted molar refractivity (Wildman–Crippen MR) is 83.4 cm³/mol. The molecule has 0 bridgehead atoms. The Kier molecular flexibility index (Phi) is 6.72. The molecule has 0 aliphatic rings. The van der Waals surface area contributed by atoms with Crippen molar-refractivity contribution in [3.63, 3.8) is 0 Å². The normalized spacial score (nSPS) is 12.0. The van der Waals surface area contributed by atoms with Crippen molar-refractivity contribution < 1.29 is 14.7 Å². The van der Waals surface area contributed by atoms with Gasteiger partial charge in [0, 0.05) is 18.8 Å². The highest BCUT2D eigenvalue weighted by atomic mass is 16.4. The molecule has 0 heterocycles. The Bertz CT molecular complexity index is 460. The van der Waals surface area contributed by atoms with E-state index in [1.807, 2.05) is 49.1 Å². The number of amides is 1. The third-order valence-electron chi connectivity index (χ3n) is 3.19. The van der Waals surface area contributed by atoms with E-state index in [0.717, 1.165) is 5.69 Å². The van der Waals surface area contributed by atoms with E-state index in [2.05, 4.69) is 5.32 Å². The molecule has 0 radical (unpaired) electrons. The Morgan fingerprint density at radius 3 is 2.33 bits per heavy atom. The van der Waals surface area contributed by atoms with E-state index in [1.165, 1.54) is 0 Å². The van der Waals surface area contributed by atoms with Gasteiger partial charge in [0.15, 0.2) is 0 Å². The number of para-hydroxylation sites is 1. The van der Waals surface area contributed by atoms with Gasteiger partial charge in [-0.1, -0.05) is 32.0 Å². The molecule has 1 aromatic carbocycles. The van der Waals surface area contributed by atoms with E-state index in [0.29, 0.717) is 19.0 Å². The smallest absolute Gasteiger partial charge is 0.305 e. The van der Waals surface area contributed by atoms with Crippen molar-refractivity contribution >= 4 is 17.6 Å². The molecule has 0 spiro atoms. The number of anilines is 1. The molecule has 5 heteroatoms. The summed E-state index contributed by atoms with van der Waals surface area (Å²) in [6.07, 6.45) is -0.00328.